The average molecular weight is 436 g/mol. The van der Waals surface area contributed by atoms with Crippen LogP contribution in [0, 0.1) is 5.92 Å². The number of nitrogens with one attached hydrogen (secondary N) is 3. The van der Waals surface area contributed by atoms with E-state index >= 15 is 0 Å². The first-order valence-corrected chi connectivity index (χ1v) is 13.0. The van der Waals surface area contributed by atoms with Crippen LogP contribution in [-0.2, 0) is 10.0 Å². The molecule has 2 aliphatic rings. The molecule has 0 atom stereocenters. The van der Waals surface area contributed by atoms with Gasteiger partial charge in [0.15, 0.2) is 0 Å². The van der Waals surface area contributed by atoms with E-state index in [1.165, 1.54) is 19.3 Å². The number of rotatable bonds is 8. The van der Waals surface area contributed by atoms with Crippen LogP contribution < -0.4 is 15.4 Å². The van der Waals surface area contributed by atoms with Gasteiger partial charge in [0.25, 0.3) is 5.91 Å². The number of hydrogen-bond acceptors (Lipinski definition) is 4. The summed E-state index contributed by atoms with van der Waals surface area (Å²) < 4.78 is 26.9. The second-order valence-corrected chi connectivity index (χ2v) is 11.5. The number of sulfonamides is 1. The lowest BCUT2D eigenvalue weighted by Gasteiger charge is -2.29. The molecule has 0 saturated heterocycles. The molecule has 30 heavy (non-hydrogen) atoms. The van der Waals surface area contributed by atoms with E-state index in [-0.39, 0.29) is 17.2 Å². The molecule has 7 heteroatoms. The van der Waals surface area contributed by atoms with Crippen molar-refractivity contribution in [3.05, 3.63) is 29.8 Å². The minimum atomic E-state index is -3.20. The summed E-state index contributed by atoms with van der Waals surface area (Å²) in [5.74, 6) is 0.535. The molecular formula is C23H37N3O3S. The van der Waals surface area contributed by atoms with Crippen molar-refractivity contribution in [3.63, 3.8) is 0 Å². The molecule has 0 unspecified atom stereocenters. The minimum Gasteiger partial charge on any atom is -0.385 e. The highest BCUT2D eigenvalue weighted by molar-refractivity contribution is 7.90. The second-order valence-electron chi connectivity index (χ2n) is 9.20. The monoisotopic (exact) mass is 435 g/mol. The highest BCUT2D eigenvalue weighted by Gasteiger charge is 2.26. The zero-order valence-electron chi connectivity index (χ0n) is 18.3. The number of benzene rings is 1. The van der Waals surface area contributed by atoms with Crippen molar-refractivity contribution in [2.45, 2.75) is 89.0 Å². The Labute approximate surface area is 181 Å². The normalized spacial score (nSPS) is 23.3. The maximum absolute atomic E-state index is 12.6. The predicted molar refractivity (Wildman–Crippen MR) is 122 cm³/mol. The van der Waals surface area contributed by atoms with Crippen LogP contribution in [0.2, 0.25) is 0 Å². The van der Waals surface area contributed by atoms with E-state index in [0.717, 1.165) is 50.8 Å². The lowest BCUT2D eigenvalue weighted by molar-refractivity contribution is 0.0927. The van der Waals surface area contributed by atoms with E-state index < -0.39 is 10.0 Å². The van der Waals surface area contributed by atoms with Gasteiger partial charge in [0, 0.05) is 29.9 Å². The summed E-state index contributed by atoms with van der Waals surface area (Å²) >= 11 is 0. The first-order chi connectivity index (χ1) is 14.3. The van der Waals surface area contributed by atoms with Crippen LogP contribution in [0.15, 0.2) is 24.3 Å². The van der Waals surface area contributed by atoms with Gasteiger partial charge in [0.1, 0.15) is 0 Å². The number of hydrogen-bond donors (Lipinski definition) is 3. The molecule has 0 radical (unpaired) electrons. The largest absolute Gasteiger partial charge is 0.385 e. The Morgan fingerprint density at radius 2 is 1.70 bits per heavy atom. The maximum Gasteiger partial charge on any atom is 0.251 e. The third-order valence-electron chi connectivity index (χ3n) is 6.46. The molecule has 0 aromatic heterocycles. The minimum absolute atomic E-state index is 0.0171. The summed E-state index contributed by atoms with van der Waals surface area (Å²) in [7, 11) is -3.20. The van der Waals surface area contributed by atoms with Crippen LogP contribution in [-0.4, -0.2) is 38.2 Å². The van der Waals surface area contributed by atoms with Crippen molar-refractivity contribution in [1.82, 2.24) is 10.0 Å². The number of amides is 1. The van der Waals surface area contributed by atoms with E-state index in [2.05, 4.69) is 15.4 Å². The fourth-order valence-electron chi connectivity index (χ4n) is 4.40. The molecule has 168 valence electrons. The molecule has 0 spiro atoms. The fraction of sp³-hybridized carbons (Fsp3) is 0.696. The lowest BCUT2D eigenvalue weighted by atomic mass is 9.86. The summed E-state index contributed by atoms with van der Waals surface area (Å²) in [4.78, 5) is 12.6. The molecular weight excluding hydrogens is 398 g/mol. The van der Waals surface area contributed by atoms with Gasteiger partial charge in [-0.25, -0.2) is 13.1 Å². The molecule has 3 N–H and O–H groups in total. The standard InChI is InChI=1S/C23H37N3O3S/c1-17(2)30(28,29)26-21-13-11-18(12-14-21)16-24-22-10-6-7-19(15-22)23(27)25-20-8-4-3-5-9-20/h6-7,10,15,17-18,20-21,24,26H,3-5,8-9,11-14,16H2,1-2H3,(H,25,27). The van der Waals surface area contributed by atoms with Gasteiger partial charge < -0.3 is 10.6 Å². The highest BCUT2D eigenvalue weighted by Crippen LogP contribution is 2.26. The summed E-state index contributed by atoms with van der Waals surface area (Å²) in [6.45, 7) is 4.26. The van der Waals surface area contributed by atoms with E-state index in [9.17, 15) is 13.2 Å². The Morgan fingerprint density at radius 3 is 2.37 bits per heavy atom. The lowest BCUT2D eigenvalue weighted by Crippen LogP contribution is -2.41. The molecule has 0 bridgehead atoms. The molecule has 0 heterocycles. The summed E-state index contributed by atoms with van der Waals surface area (Å²) in [6.07, 6.45) is 9.60. The topological polar surface area (TPSA) is 87.3 Å². The Kier molecular flexibility index (Phi) is 8.17. The zero-order chi connectivity index (χ0) is 21.6. The quantitative estimate of drug-likeness (QED) is 0.575. The molecule has 1 aromatic rings. The maximum atomic E-state index is 12.6. The number of anilines is 1. The van der Waals surface area contributed by atoms with Gasteiger partial charge in [-0.3, -0.25) is 4.79 Å². The molecule has 0 aliphatic heterocycles. The number of carbonyl (C=O) groups excluding carboxylic acids is 1. The van der Waals surface area contributed by atoms with Crippen molar-refractivity contribution in [2.24, 2.45) is 5.92 Å². The van der Waals surface area contributed by atoms with Crippen LogP contribution in [0.4, 0.5) is 5.69 Å². The SMILES string of the molecule is CC(C)S(=O)(=O)NC1CCC(CNc2cccc(C(=O)NC3CCCCC3)c2)CC1. The predicted octanol–water partition coefficient (Wildman–Crippen LogP) is 4.05. The second kappa shape index (κ2) is 10.6. The van der Waals surface area contributed by atoms with Gasteiger partial charge in [-0.05, 0) is 76.5 Å². The van der Waals surface area contributed by atoms with E-state index in [0.29, 0.717) is 17.5 Å². The van der Waals surface area contributed by atoms with Crippen LogP contribution in [0.1, 0.15) is 82.0 Å². The van der Waals surface area contributed by atoms with Crippen molar-refractivity contribution >= 4 is 21.6 Å². The van der Waals surface area contributed by atoms with Gasteiger partial charge in [0.05, 0.1) is 5.25 Å². The van der Waals surface area contributed by atoms with Crippen LogP contribution in [0.3, 0.4) is 0 Å². The van der Waals surface area contributed by atoms with Crippen LogP contribution >= 0.6 is 0 Å². The summed E-state index contributed by atoms with van der Waals surface area (Å²) in [5.41, 5.74) is 1.67. The number of carbonyl (C=O) groups is 1. The van der Waals surface area contributed by atoms with Crippen molar-refractivity contribution in [3.8, 4) is 0 Å². The zero-order valence-corrected chi connectivity index (χ0v) is 19.1. The first-order valence-electron chi connectivity index (χ1n) is 11.5. The van der Waals surface area contributed by atoms with E-state index in [4.69, 9.17) is 0 Å². The Balaban J connectivity index is 1.44. The van der Waals surface area contributed by atoms with Crippen molar-refractivity contribution < 1.29 is 13.2 Å². The molecule has 2 saturated carbocycles. The van der Waals surface area contributed by atoms with E-state index in [1.807, 2.05) is 24.3 Å². The molecule has 2 fully saturated rings. The van der Waals surface area contributed by atoms with Crippen LogP contribution in [0.5, 0.6) is 0 Å². The highest BCUT2D eigenvalue weighted by atomic mass is 32.2. The Morgan fingerprint density at radius 1 is 1.00 bits per heavy atom. The summed E-state index contributed by atoms with van der Waals surface area (Å²) in [6, 6.07) is 8.09. The van der Waals surface area contributed by atoms with Crippen molar-refractivity contribution in [1.29, 1.82) is 0 Å². The molecule has 6 nitrogen and oxygen atoms in total. The van der Waals surface area contributed by atoms with Crippen LogP contribution in [0.25, 0.3) is 0 Å². The van der Waals surface area contributed by atoms with E-state index in [1.54, 1.807) is 13.8 Å². The molecule has 3 rings (SSSR count). The van der Waals surface area contributed by atoms with Gasteiger partial charge in [-0.1, -0.05) is 25.3 Å². The average Bonchev–Trinajstić information content (AvgIpc) is 2.74. The summed E-state index contributed by atoms with van der Waals surface area (Å²) in [5, 5.41) is 6.26. The van der Waals surface area contributed by atoms with Crippen molar-refractivity contribution in [2.75, 3.05) is 11.9 Å². The van der Waals surface area contributed by atoms with Gasteiger partial charge in [-0.15, -0.1) is 0 Å². The first kappa shape index (κ1) is 23.1. The molecule has 1 aromatic carbocycles. The fourth-order valence-corrected chi connectivity index (χ4v) is 5.37. The third kappa shape index (κ3) is 6.71. The molecule has 1 amide bonds. The third-order valence-corrected chi connectivity index (χ3v) is 8.36. The smallest absolute Gasteiger partial charge is 0.251 e. The van der Waals surface area contributed by atoms with Gasteiger partial charge in [-0.2, -0.15) is 0 Å². The van der Waals surface area contributed by atoms with Gasteiger partial charge in [0.2, 0.25) is 10.0 Å². The molecule has 2 aliphatic carbocycles. The Bertz CT molecular complexity index is 796. The van der Waals surface area contributed by atoms with Gasteiger partial charge >= 0.3 is 0 Å². The Hall–Kier alpha value is -1.60.